The van der Waals surface area contributed by atoms with Gasteiger partial charge in [0, 0.05) is 43.9 Å². The van der Waals surface area contributed by atoms with E-state index in [1.165, 1.54) is 27.5 Å². The molecule has 0 saturated heterocycles. The van der Waals surface area contributed by atoms with Gasteiger partial charge in [0.15, 0.2) is 0 Å². The summed E-state index contributed by atoms with van der Waals surface area (Å²) in [6, 6.07) is 71.0. The van der Waals surface area contributed by atoms with Gasteiger partial charge in [-0.05, 0) is 69.9 Å². The third kappa shape index (κ3) is 5.05. The third-order valence-electron chi connectivity index (χ3n) is 10.9. The summed E-state index contributed by atoms with van der Waals surface area (Å²) in [5, 5.41) is 6.80. The van der Waals surface area contributed by atoms with E-state index in [1.54, 1.807) is 0 Å². The second-order valence-electron chi connectivity index (χ2n) is 14.0. The van der Waals surface area contributed by atoms with Crippen molar-refractivity contribution in [3.05, 3.63) is 200 Å². The van der Waals surface area contributed by atoms with E-state index in [1.807, 2.05) is 24.3 Å². The van der Waals surface area contributed by atoms with Crippen molar-refractivity contribution in [2.45, 2.75) is 0 Å². The first-order valence-corrected chi connectivity index (χ1v) is 18.7. The smallest absolute Gasteiger partial charge is 0.143 e. The van der Waals surface area contributed by atoms with Crippen molar-refractivity contribution in [1.82, 2.24) is 0 Å². The van der Waals surface area contributed by atoms with Crippen LogP contribution in [0.4, 0.5) is 17.1 Å². The highest BCUT2D eigenvalue weighted by Gasteiger charge is 2.24. The molecule has 55 heavy (non-hydrogen) atoms. The van der Waals surface area contributed by atoms with E-state index in [2.05, 4.69) is 181 Å². The average molecular weight is 704 g/mol. The van der Waals surface area contributed by atoms with E-state index in [4.69, 9.17) is 8.83 Å². The summed E-state index contributed by atoms with van der Waals surface area (Å²) in [4.78, 5) is 2.41. The van der Waals surface area contributed by atoms with E-state index < -0.39 is 0 Å². The molecule has 9 aromatic carbocycles. The molecule has 0 saturated carbocycles. The van der Waals surface area contributed by atoms with Gasteiger partial charge in [-0.25, -0.2) is 0 Å². The van der Waals surface area contributed by atoms with Crippen molar-refractivity contribution < 1.29 is 8.83 Å². The number of hydrogen-bond donors (Lipinski definition) is 0. The largest absolute Gasteiger partial charge is 0.456 e. The van der Waals surface area contributed by atoms with Crippen molar-refractivity contribution >= 4 is 71.7 Å². The Bertz CT molecular complexity index is 3220. The van der Waals surface area contributed by atoms with Gasteiger partial charge < -0.3 is 13.7 Å². The number of hydrogen-bond acceptors (Lipinski definition) is 3. The maximum Gasteiger partial charge on any atom is 0.143 e. The minimum absolute atomic E-state index is 0.861. The van der Waals surface area contributed by atoms with E-state index in [9.17, 15) is 0 Å². The SMILES string of the molecule is c1ccc(-c2cccc3cccc(-c4ccccc4N(c4ccc5oc6ccccc6c5c4)c4ccccc4-c4cccc5c4oc4ccccc45)c23)cc1. The molecule has 11 rings (SSSR count). The lowest BCUT2D eigenvalue weighted by Gasteiger charge is -2.30. The van der Waals surface area contributed by atoms with E-state index in [0.29, 0.717) is 0 Å². The van der Waals surface area contributed by atoms with E-state index in [-0.39, 0.29) is 0 Å². The molecule has 3 nitrogen and oxygen atoms in total. The molecule has 0 aliphatic rings. The number of anilines is 3. The Morgan fingerprint density at radius 3 is 1.62 bits per heavy atom. The first-order valence-electron chi connectivity index (χ1n) is 18.7. The molecule has 0 fully saturated rings. The van der Waals surface area contributed by atoms with Gasteiger partial charge in [0.05, 0.1) is 11.4 Å². The Kier molecular flexibility index (Phi) is 7.17. The van der Waals surface area contributed by atoms with Crippen LogP contribution in [0, 0.1) is 0 Å². The maximum absolute atomic E-state index is 6.65. The molecule has 0 amide bonds. The number of nitrogens with zero attached hydrogens (tertiary/aromatic N) is 1. The standard InChI is InChI=1S/C52H33NO2/c1-2-15-34(16-3-1)37-23-12-17-35-18-13-24-42(51(35)37)38-19-4-8-27-46(38)53(36-31-32-50-45(33-36)41-22-7-10-29-48(41)54-50)47-28-9-5-20-39(47)43-25-14-26-44-40-21-6-11-30-49(40)55-52(43)44/h1-33H. The molecule has 0 radical (unpaired) electrons. The lowest BCUT2D eigenvalue weighted by atomic mass is 9.90. The van der Waals surface area contributed by atoms with Gasteiger partial charge in [0.25, 0.3) is 0 Å². The number of rotatable bonds is 6. The summed E-state index contributed by atoms with van der Waals surface area (Å²) >= 11 is 0. The number of fused-ring (bicyclic) bond motifs is 7. The van der Waals surface area contributed by atoms with Gasteiger partial charge >= 0.3 is 0 Å². The summed E-state index contributed by atoms with van der Waals surface area (Å²) < 4.78 is 13.0. The summed E-state index contributed by atoms with van der Waals surface area (Å²) in [5.74, 6) is 0. The Hall–Kier alpha value is -7.36. The number of benzene rings is 9. The van der Waals surface area contributed by atoms with E-state index >= 15 is 0 Å². The molecule has 0 aliphatic heterocycles. The molecule has 0 bridgehead atoms. The molecular formula is C52H33NO2. The fraction of sp³-hybridized carbons (Fsp3) is 0. The van der Waals surface area contributed by atoms with Gasteiger partial charge in [-0.2, -0.15) is 0 Å². The monoisotopic (exact) mass is 703 g/mol. The van der Waals surface area contributed by atoms with Crippen LogP contribution in [0.1, 0.15) is 0 Å². The molecule has 3 heteroatoms. The van der Waals surface area contributed by atoms with Crippen LogP contribution in [0.15, 0.2) is 209 Å². The Labute approximate surface area is 317 Å². The zero-order valence-electron chi connectivity index (χ0n) is 29.8. The van der Waals surface area contributed by atoms with Crippen molar-refractivity contribution in [3.8, 4) is 33.4 Å². The predicted molar refractivity (Wildman–Crippen MR) is 229 cm³/mol. The second-order valence-corrected chi connectivity index (χ2v) is 14.0. The molecule has 0 aliphatic carbocycles. The van der Waals surface area contributed by atoms with Crippen LogP contribution in [0.2, 0.25) is 0 Å². The molecule has 2 heterocycles. The summed E-state index contributed by atoms with van der Waals surface area (Å²) in [5.41, 5.74) is 13.4. The van der Waals surface area contributed by atoms with Crippen LogP contribution in [0.3, 0.4) is 0 Å². The summed E-state index contributed by atoms with van der Waals surface area (Å²) in [7, 11) is 0. The van der Waals surface area contributed by atoms with Crippen LogP contribution < -0.4 is 4.90 Å². The molecule has 0 atom stereocenters. The average Bonchev–Trinajstić information content (AvgIpc) is 3.83. The zero-order chi connectivity index (χ0) is 36.3. The quantitative estimate of drug-likeness (QED) is 0.173. The topological polar surface area (TPSA) is 29.5 Å². The van der Waals surface area contributed by atoms with Gasteiger partial charge in [-0.15, -0.1) is 0 Å². The normalized spacial score (nSPS) is 11.6. The van der Waals surface area contributed by atoms with E-state index in [0.717, 1.165) is 77.6 Å². The molecular weight excluding hydrogens is 671 g/mol. The molecule has 258 valence electrons. The Balaban J connectivity index is 1.21. The molecule has 0 N–H and O–H groups in total. The summed E-state index contributed by atoms with van der Waals surface area (Å²) in [6.45, 7) is 0. The number of furan rings is 2. The second kappa shape index (κ2) is 12.6. The molecule has 0 spiro atoms. The highest BCUT2D eigenvalue weighted by molar-refractivity contribution is 6.13. The molecule has 11 aromatic rings. The van der Waals surface area contributed by atoms with Gasteiger partial charge in [-0.1, -0.05) is 158 Å². The van der Waals surface area contributed by atoms with Crippen molar-refractivity contribution in [2.24, 2.45) is 0 Å². The zero-order valence-corrected chi connectivity index (χ0v) is 29.8. The van der Waals surface area contributed by atoms with Crippen LogP contribution in [-0.2, 0) is 0 Å². The predicted octanol–water partition coefficient (Wildman–Crippen LogP) is 15.1. The van der Waals surface area contributed by atoms with Crippen molar-refractivity contribution in [3.63, 3.8) is 0 Å². The van der Waals surface area contributed by atoms with Gasteiger partial charge in [-0.3, -0.25) is 0 Å². The van der Waals surface area contributed by atoms with Crippen LogP contribution >= 0.6 is 0 Å². The van der Waals surface area contributed by atoms with Crippen molar-refractivity contribution in [1.29, 1.82) is 0 Å². The fourth-order valence-corrected chi connectivity index (χ4v) is 8.44. The Morgan fingerprint density at radius 2 is 0.855 bits per heavy atom. The van der Waals surface area contributed by atoms with Gasteiger partial charge in [0.2, 0.25) is 0 Å². The lowest BCUT2D eigenvalue weighted by molar-refractivity contribution is 0.669. The Morgan fingerprint density at radius 1 is 0.327 bits per heavy atom. The van der Waals surface area contributed by atoms with Crippen LogP contribution in [-0.4, -0.2) is 0 Å². The summed E-state index contributed by atoms with van der Waals surface area (Å²) in [6.07, 6.45) is 0. The third-order valence-corrected chi connectivity index (χ3v) is 10.9. The highest BCUT2D eigenvalue weighted by atomic mass is 16.3. The lowest BCUT2D eigenvalue weighted by Crippen LogP contribution is -2.12. The minimum atomic E-state index is 0.861. The first-order chi connectivity index (χ1) is 27.3. The molecule has 2 aromatic heterocycles. The molecule has 0 unspecified atom stereocenters. The fourth-order valence-electron chi connectivity index (χ4n) is 8.44. The van der Waals surface area contributed by atoms with Gasteiger partial charge in [0.1, 0.15) is 22.3 Å². The number of para-hydroxylation sites is 5. The van der Waals surface area contributed by atoms with Crippen LogP contribution in [0.5, 0.6) is 0 Å². The van der Waals surface area contributed by atoms with Crippen molar-refractivity contribution in [2.75, 3.05) is 4.90 Å². The maximum atomic E-state index is 6.65. The highest BCUT2D eigenvalue weighted by Crippen LogP contribution is 2.49. The van der Waals surface area contributed by atoms with Crippen LogP contribution in [0.25, 0.3) is 88.0 Å². The minimum Gasteiger partial charge on any atom is -0.456 e. The first kappa shape index (κ1) is 31.2.